The molecule has 1 aromatic rings. The first-order chi connectivity index (χ1) is 14.1. The molecule has 1 aromatic carbocycles. The lowest BCUT2D eigenvalue weighted by atomic mass is 10.1. The maximum atomic E-state index is 12.5. The Morgan fingerprint density at radius 2 is 1.33 bits per heavy atom. The van der Waals surface area contributed by atoms with Crippen molar-refractivity contribution in [1.82, 2.24) is 16.0 Å². The van der Waals surface area contributed by atoms with Crippen molar-refractivity contribution in [2.24, 2.45) is 5.73 Å². The zero-order chi connectivity index (χ0) is 22.8. The van der Waals surface area contributed by atoms with Gasteiger partial charge in [0.05, 0.1) is 6.04 Å². The molecule has 0 heterocycles. The van der Waals surface area contributed by atoms with Gasteiger partial charge in [-0.2, -0.15) is 25.3 Å². The number of thiol groups is 2. The van der Waals surface area contributed by atoms with Gasteiger partial charge in [0.25, 0.3) is 0 Å². The van der Waals surface area contributed by atoms with Crippen LogP contribution in [-0.2, 0) is 25.6 Å². The zero-order valence-electron chi connectivity index (χ0n) is 16.2. The van der Waals surface area contributed by atoms with Crippen LogP contribution < -0.4 is 21.7 Å². The average Bonchev–Trinajstić information content (AvgIpc) is 2.70. The topological polar surface area (TPSA) is 171 Å². The summed E-state index contributed by atoms with van der Waals surface area (Å²) in [4.78, 5) is 48.1. The number of benzene rings is 1. The average molecular weight is 459 g/mol. The van der Waals surface area contributed by atoms with Crippen LogP contribution in [0.5, 0.6) is 5.75 Å². The van der Waals surface area contributed by atoms with E-state index in [1.54, 1.807) is 0 Å². The SMILES string of the molecule is CC(N)C(=O)NC(CS)C(=O)NC(CS)C(=O)NC(Cc1ccc(O)cc1)C(=O)O. The summed E-state index contributed by atoms with van der Waals surface area (Å²) in [6.45, 7) is 1.45. The number of carboxylic acids is 1. The molecular formula is C18H26N4O6S2. The van der Waals surface area contributed by atoms with Gasteiger partial charge < -0.3 is 31.9 Å². The van der Waals surface area contributed by atoms with Crippen LogP contribution in [0.2, 0.25) is 0 Å². The molecular weight excluding hydrogens is 432 g/mol. The molecule has 0 radical (unpaired) electrons. The molecule has 0 spiro atoms. The van der Waals surface area contributed by atoms with Crippen LogP contribution in [0, 0.1) is 0 Å². The molecule has 7 N–H and O–H groups in total. The Labute approximate surface area is 184 Å². The zero-order valence-corrected chi connectivity index (χ0v) is 18.0. The minimum atomic E-state index is -1.27. The van der Waals surface area contributed by atoms with E-state index >= 15 is 0 Å². The van der Waals surface area contributed by atoms with Gasteiger partial charge in [-0.3, -0.25) is 14.4 Å². The molecule has 12 heteroatoms. The number of carbonyl (C=O) groups excluding carboxylic acids is 3. The number of nitrogens with one attached hydrogen (secondary N) is 3. The molecule has 0 bridgehead atoms. The molecule has 0 saturated carbocycles. The predicted molar refractivity (Wildman–Crippen MR) is 117 cm³/mol. The minimum absolute atomic E-state index is 0.0295. The molecule has 0 aliphatic rings. The summed E-state index contributed by atoms with van der Waals surface area (Å²) >= 11 is 8.05. The van der Waals surface area contributed by atoms with Gasteiger partial charge in [-0.05, 0) is 24.6 Å². The first-order valence-corrected chi connectivity index (χ1v) is 10.2. The second kappa shape index (κ2) is 12.3. The Morgan fingerprint density at radius 1 is 0.900 bits per heavy atom. The highest BCUT2D eigenvalue weighted by molar-refractivity contribution is 7.80. The molecule has 0 saturated heterocycles. The lowest BCUT2D eigenvalue weighted by Crippen LogP contribution is -2.58. The molecule has 10 nitrogen and oxygen atoms in total. The van der Waals surface area contributed by atoms with E-state index < -0.39 is 47.9 Å². The first-order valence-electron chi connectivity index (χ1n) is 8.98. The quantitative estimate of drug-likeness (QED) is 0.190. The molecule has 4 atom stereocenters. The fourth-order valence-electron chi connectivity index (χ4n) is 2.30. The van der Waals surface area contributed by atoms with E-state index in [2.05, 4.69) is 41.2 Å². The van der Waals surface area contributed by atoms with Crippen molar-refractivity contribution in [2.45, 2.75) is 37.5 Å². The van der Waals surface area contributed by atoms with Gasteiger partial charge in [0.1, 0.15) is 23.9 Å². The fraction of sp³-hybridized carbons (Fsp3) is 0.444. The predicted octanol–water partition coefficient (Wildman–Crippen LogP) is -1.32. The number of rotatable bonds is 11. The second-order valence-corrected chi connectivity index (χ2v) is 7.28. The summed E-state index contributed by atoms with van der Waals surface area (Å²) < 4.78 is 0. The van der Waals surface area contributed by atoms with Crippen molar-refractivity contribution in [3.63, 3.8) is 0 Å². The van der Waals surface area contributed by atoms with Crippen LogP contribution in [0.25, 0.3) is 0 Å². The number of aliphatic carboxylic acids is 1. The molecule has 0 aliphatic carbocycles. The summed E-state index contributed by atoms with van der Waals surface area (Å²) in [5.74, 6) is -3.37. The summed E-state index contributed by atoms with van der Waals surface area (Å²) in [7, 11) is 0. The maximum absolute atomic E-state index is 12.5. The van der Waals surface area contributed by atoms with E-state index in [4.69, 9.17) is 5.73 Å². The molecule has 0 aliphatic heterocycles. The Bertz CT molecular complexity index is 760. The van der Waals surface area contributed by atoms with E-state index in [1.165, 1.54) is 31.2 Å². The third kappa shape index (κ3) is 8.13. The molecule has 0 fully saturated rings. The Balaban J connectivity index is 2.78. The van der Waals surface area contributed by atoms with Crippen molar-refractivity contribution >= 4 is 48.9 Å². The van der Waals surface area contributed by atoms with Crippen LogP contribution in [0.15, 0.2) is 24.3 Å². The number of hydrogen-bond acceptors (Lipinski definition) is 8. The third-order valence-corrected chi connectivity index (χ3v) is 4.77. The number of amides is 3. The largest absolute Gasteiger partial charge is 0.508 e. The number of phenols is 1. The van der Waals surface area contributed by atoms with Gasteiger partial charge in [-0.1, -0.05) is 12.1 Å². The van der Waals surface area contributed by atoms with Gasteiger partial charge in [0.15, 0.2) is 0 Å². The fourth-order valence-corrected chi connectivity index (χ4v) is 2.82. The molecule has 1 rings (SSSR count). The van der Waals surface area contributed by atoms with Crippen LogP contribution in [-0.4, -0.2) is 69.6 Å². The highest BCUT2D eigenvalue weighted by Crippen LogP contribution is 2.11. The molecule has 3 amide bonds. The third-order valence-electron chi connectivity index (χ3n) is 4.04. The van der Waals surface area contributed by atoms with E-state index in [0.29, 0.717) is 5.56 Å². The van der Waals surface area contributed by atoms with Crippen LogP contribution in [0.3, 0.4) is 0 Å². The Morgan fingerprint density at radius 3 is 1.73 bits per heavy atom. The highest BCUT2D eigenvalue weighted by Gasteiger charge is 2.29. The number of carboxylic acid groups (broad SMARTS) is 1. The molecule has 0 aromatic heterocycles. The maximum Gasteiger partial charge on any atom is 0.326 e. The van der Waals surface area contributed by atoms with Crippen molar-refractivity contribution in [3.05, 3.63) is 29.8 Å². The normalized spacial score (nSPS) is 14.7. The standard InChI is InChI=1S/C18H26N4O6S2/c1-9(19)15(24)21-13(7-29)17(26)22-14(8-30)16(25)20-12(18(27)28)6-10-2-4-11(23)5-3-10/h2-5,9,12-14,23,29-30H,6-8,19H2,1H3,(H,20,25)(H,21,24)(H,22,26)(H,27,28). The highest BCUT2D eigenvalue weighted by atomic mass is 32.1. The van der Waals surface area contributed by atoms with Gasteiger partial charge in [-0.25, -0.2) is 4.79 Å². The summed E-state index contributed by atoms with van der Waals surface area (Å²) in [6.07, 6.45) is -0.0295. The first kappa shape index (κ1) is 25.6. The summed E-state index contributed by atoms with van der Waals surface area (Å²) in [5, 5.41) is 25.9. The van der Waals surface area contributed by atoms with Crippen LogP contribution >= 0.6 is 25.3 Å². The van der Waals surface area contributed by atoms with Crippen molar-refractivity contribution < 1.29 is 29.4 Å². The van der Waals surface area contributed by atoms with Crippen molar-refractivity contribution in [2.75, 3.05) is 11.5 Å². The number of carbonyl (C=O) groups is 4. The molecule has 30 heavy (non-hydrogen) atoms. The van der Waals surface area contributed by atoms with Crippen LogP contribution in [0.4, 0.5) is 0 Å². The van der Waals surface area contributed by atoms with E-state index in [-0.39, 0.29) is 23.7 Å². The monoisotopic (exact) mass is 458 g/mol. The second-order valence-electron chi connectivity index (χ2n) is 6.55. The smallest absolute Gasteiger partial charge is 0.326 e. The van der Waals surface area contributed by atoms with Gasteiger partial charge in [0, 0.05) is 17.9 Å². The van der Waals surface area contributed by atoms with E-state index in [0.717, 1.165) is 0 Å². The van der Waals surface area contributed by atoms with E-state index in [1.807, 2.05) is 0 Å². The number of aromatic hydroxyl groups is 1. The van der Waals surface area contributed by atoms with E-state index in [9.17, 15) is 29.4 Å². The number of nitrogens with two attached hydrogens (primary N) is 1. The van der Waals surface area contributed by atoms with Gasteiger partial charge in [-0.15, -0.1) is 0 Å². The lowest BCUT2D eigenvalue weighted by molar-refractivity contribution is -0.142. The minimum Gasteiger partial charge on any atom is -0.508 e. The summed E-state index contributed by atoms with van der Waals surface area (Å²) in [6, 6.07) is 1.61. The van der Waals surface area contributed by atoms with Crippen LogP contribution in [0.1, 0.15) is 12.5 Å². The summed E-state index contributed by atoms with van der Waals surface area (Å²) in [5.41, 5.74) is 6.04. The lowest BCUT2D eigenvalue weighted by Gasteiger charge is -2.23. The Kier molecular flexibility index (Phi) is 10.5. The Hall–Kier alpha value is -2.44. The molecule has 166 valence electrons. The molecule has 4 unspecified atom stereocenters. The van der Waals surface area contributed by atoms with Crippen molar-refractivity contribution in [3.8, 4) is 5.75 Å². The number of phenolic OH excluding ortho intramolecular Hbond substituents is 1. The van der Waals surface area contributed by atoms with Gasteiger partial charge >= 0.3 is 5.97 Å². The van der Waals surface area contributed by atoms with Crippen molar-refractivity contribution in [1.29, 1.82) is 0 Å². The van der Waals surface area contributed by atoms with Gasteiger partial charge in [0.2, 0.25) is 17.7 Å². The number of hydrogen-bond donors (Lipinski definition) is 8.